The maximum absolute atomic E-state index is 6.04. The number of methoxy groups -OCH3 is 1. The van der Waals surface area contributed by atoms with E-state index in [1.165, 1.54) is 5.56 Å². The van der Waals surface area contributed by atoms with Crippen molar-refractivity contribution in [2.75, 3.05) is 12.8 Å². The maximum Gasteiger partial charge on any atom is 0.230 e. The van der Waals surface area contributed by atoms with Crippen LogP contribution in [0.3, 0.4) is 0 Å². The lowest BCUT2D eigenvalue weighted by molar-refractivity contribution is 0.415. The normalized spacial score (nSPS) is 9.59. The third kappa shape index (κ3) is 5.13. The molecule has 1 heterocycles. The van der Waals surface area contributed by atoms with Gasteiger partial charge in [-0.2, -0.15) is 0 Å². The fourth-order valence-electron chi connectivity index (χ4n) is 2.67. The lowest BCUT2D eigenvalue weighted by Gasteiger charge is -2.08. The molecule has 0 fully saturated rings. The van der Waals surface area contributed by atoms with Crippen LogP contribution in [0.4, 0.5) is 5.88 Å². The van der Waals surface area contributed by atoms with E-state index in [2.05, 4.69) is 37.2 Å². The molecule has 0 aliphatic carbocycles. The first kappa shape index (κ1) is 22.3. The van der Waals surface area contributed by atoms with Gasteiger partial charge in [-0.1, -0.05) is 64.0 Å². The van der Waals surface area contributed by atoms with Crippen molar-refractivity contribution < 1.29 is 9.26 Å². The Morgan fingerprint density at radius 3 is 2.19 bits per heavy atom. The molecule has 27 heavy (non-hydrogen) atoms. The lowest BCUT2D eigenvalue weighted by atomic mass is 9.96. The van der Waals surface area contributed by atoms with Crippen LogP contribution < -0.4 is 10.5 Å². The van der Waals surface area contributed by atoms with E-state index in [9.17, 15) is 0 Å². The number of nitrogens with two attached hydrogens (primary N) is 1. The van der Waals surface area contributed by atoms with Gasteiger partial charge < -0.3 is 15.0 Å². The molecule has 0 bridgehead atoms. The molecule has 3 aromatic rings. The summed E-state index contributed by atoms with van der Waals surface area (Å²) in [5.41, 5.74) is 12.1. The molecule has 0 saturated carbocycles. The summed E-state index contributed by atoms with van der Waals surface area (Å²) in [5, 5.41) is 4.21. The minimum absolute atomic E-state index is 0.325. The van der Waals surface area contributed by atoms with Crippen molar-refractivity contribution in [3.63, 3.8) is 0 Å². The van der Waals surface area contributed by atoms with Crippen LogP contribution in [-0.2, 0) is 6.42 Å². The third-order valence-corrected chi connectivity index (χ3v) is 4.06. The quantitative estimate of drug-likeness (QED) is 0.569. The van der Waals surface area contributed by atoms with Gasteiger partial charge >= 0.3 is 0 Å². The number of benzene rings is 2. The van der Waals surface area contributed by atoms with Crippen LogP contribution in [-0.4, -0.2) is 12.3 Å². The number of aryl methyl sites for hydroxylation is 2. The van der Waals surface area contributed by atoms with Gasteiger partial charge in [0, 0.05) is 5.56 Å². The smallest absolute Gasteiger partial charge is 0.230 e. The summed E-state index contributed by atoms with van der Waals surface area (Å²) in [5.74, 6) is 1.13. The van der Waals surface area contributed by atoms with Crippen molar-refractivity contribution in [3.05, 3.63) is 53.6 Å². The molecule has 0 spiro atoms. The molecule has 0 aliphatic heterocycles. The van der Waals surface area contributed by atoms with Crippen LogP contribution in [0.5, 0.6) is 5.75 Å². The van der Waals surface area contributed by atoms with E-state index in [0.29, 0.717) is 5.88 Å². The second kappa shape index (κ2) is 11.1. The highest BCUT2D eigenvalue weighted by atomic mass is 16.5. The van der Waals surface area contributed by atoms with Crippen molar-refractivity contribution >= 4 is 5.88 Å². The molecule has 4 nitrogen and oxygen atoms in total. The van der Waals surface area contributed by atoms with Gasteiger partial charge in [-0.25, -0.2) is 0 Å². The zero-order chi connectivity index (χ0) is 20.4. The summed E-state index contributed by atoms with van der Waals surface area (Å²) >= 11 is 0. The van der Waals surface area contributed by atoms with E-state index in [-0.39, 0.29) is 0 Å². The van der Waals surface area contributed by atoms with Crippen LogP contribution in [0.15, 0.2) is 47.0 Å². The van der Waals surface area contributed by atoms with Crippen LogP contribution in [0.25, 0.3) is 22.4 Å². The van der Waals surface area contributed by atoms with Crippen molar-refractivity contribution in [1.29, 1.82) is 0 Å². The summed E-state index contributed by atoms with van der Waals surface area (Å²) < 4.78 is 10.5. The second-order valence-electron chi connectivity index (χ2n) is 5.50. The highest BCUT2D eigenvalue weighted by Crippen LogP contribution is 2.38. The van der Waals surface area contributed by atoms with E-state index in [1.54, 1.807) is 7.11 Å². The number of ether oxygens (including phenoxy) is 1. The molecule has 3 rings (SSSR count). The number of nitrogens with zero attached hydrogens (tertiary/aromatic N) is 1. The van der Waals surface area contributed by atoms with Gasteiger partial charge in [-0.3, -0.25) is 0 Å². The molecule has 2 aromatic carbocycles. The minimum Gasteiger partial charge on any atom is -0.497 e. The summed E-state index contributed by atoms with van der Waals surface area (Å²) in [4.78, 5) is 0. The number of aromatic nitrogens is 1. The van der Waals surface area contributed by atoms with Gasteiger partial charge in [0.25, 0.3) is 0 Å². The number of hydrogen-bond acceptors (Lipinski definition) is 4. The highest BCUT2D eigenvalue weighted by Gasteiger charge is 2.19. The first-order valence-corrected chi connectivity index (χ1v) is 9.63. The van der Waals surface area contributed by atoms with E-state index in [0.717, 1.165) is 40.1 Å². The number of hydrogen-bond donors (Lipinski definition) is 1. The summed E-state index contributed by atoms with van der Waals surface area (Å²) in [6, 6.07) is 14.1. The maximum atomic E-state index is 6.04. The number of anilines is 1. The Morgan fingerprint density at radius 1 is 1.00 bits per heavy atom. The van der Waals surface area contributed by atoms with E-state index in [1.807, 2.05) is 52.0 Å². The van der Waals surface area contributed by atoms with Crippen molar-refractivity contribution in [1.82, 2.24) is 5.16 Å². The van der Waals surface area contributed by atoms with Crippen LogP contribution in [0.1, 0.15) is 45.7 Å². The number of rotatable bonds is 4. The summed E-state index contributed by atoms with van der Waals surface area (Å²) in [6.07, 6.45) is 0.971. The molecule has 1 aromatic heterocycles. The van der Waals surface area contributed by atoms with Gasteiger partial charge in [-0.15, -0.1) is 0 Å². The third-order valence-electron chi connectivity index (χ3n) is 4.06. The lowest BCUT2D eigenvalue weighted by Crippen LogP contribution is -1.92. The molecule has 0 atom stereocenters. The Labute approximate surface area is 163 Å². The Balaban J connectivity index is 0.000000855. The van der Waals surface area contributed by atoms with Crippen LogP contribution in [0, 0.1) is 6.92 Å². The molecule has 0 unspecified atom stereocenters. The summed E-state index contributed by atoms with van der Waals surface area (Å²) in [6.45, 7) is 12.2. The standard InChI is InChI=1S/C19H20N2O2.2C2H6/c1-4-13-6-5-12(2)16(11-13)18-17(19(20)23-21-18)14-7-9-15(22-3)10-8-14;2*1-2/h5-11H,4,20H2,1-3H3;2*1-2H3. The fraction of sp³-hybridized carbons (Fsp3) is 0.348. The molecule has 0 radical (unpaired) electrons. The van der Waals surface area contributed by atoms with Gasteiger partial charge in [0.1, 0.15) is 11.4 Å². The Kier molecular flexibility index (Phi) is 9.14. The molecule has 2 N–H and O–H groups in total. The monoisotopic (exact) mass is 368 g/mol. The topological polar surface area (TPSA) is 61.3 Å². The highest BCUT2D eigenvalue weighted by molar-refractivity contribution is 5.88. The van der Waals surface area contributed by atoms with E-state index < -0.39 is 0 Å². The molecule has 0 amide bonds. The fourth-order valence-corrected chi connectivity index (χ4v) is 2.67. The summed E-state index contributed by atoms with van der Waals surface area (Å²) in [7, 11) is 1.65. The predicted octanol–water partition coefficient (Wildman–Crippen LogP) is 6.52. The minimum atomic E-state index is 0.325. The Hall–Kier alpha value is -2.75. The molecule has 4 heteroatoms. The first-order valence-electron chi connectivity index (χ1n) is 9.63. The Bertz CT molecular complexity index is 821. The van der Waals surface area contributed by atoms with Gasteiger partial charge in [0.15, 0.2) is 0 Å². The molecule has 0 saturated heterocycles. The molecule has 146 valence electrons. The molecule has 0 aliphatic rings. The van der Waals surface area contributed by atoms with Crippen molar-refractivity contribution in [2.24, 2.45) is 0 Å². The van der Waals surface area contributed by atoms with Gasteiger partial charge in [-0.05, 0) is 48.2 Å². The Morgan fingerprint density at radius 2 is 1.63 bits per heavy atom. The second-order valence-corrected chi connectivity index (χ2v) is 5.50. The number of nitrogen functional groups attached to an aromatic ring is 1. The zero-order valence-corrected chi connectivity index (χ0v) is 17.6. The average Bonchev–Trinajstić information content (AvgIpc) is 3.12. The largest absolute Gasteiger partial charge is 0.497 e. The van der Waals surface area contributed by atoms with E-state index in [4.69, 9.17) is 15.0 Å². The van der Waals surface area contributed by atoms with Crippen LogP contribution in [0.2, 0.25) is 0 Å². The SMILES string of the molecule is CC.CC.CCc1ccc(C)c(-c2noc(N)c2-c2ccc(OC)cc2)c1. The van der Waals surface area contributed by atoms with Crippen molar-refractivity contribution in [3.8, 4) is 28.1 Å². The predicted molar refractivity (Wildman–Crippen MR) is 115 cm³/mol. The first-order chi connectivity index (χ1) is 13.1. The zero-order valence-electron chi connectivity index (χ0n) is 17.6. The van der Waals surface area contributed by atoms with Crippen LogP contribution >= 0.6 is 0 Å². The van der Waals surface area contributed by atoms with Gasteiger partial charge in [0.05, 0.1) is 12.7 Å². The van der Waals surface area contributed by atoms with Crippen molar-refractivity contribution in [2.45, 2.75) is 48.0 Å². The molecular formula is C23H32N2O2. The molecular weight excluding hydrogens is 336 g/mol. The van der Waals surface area contributed by atoms with Gasteiger partial charge in [0.2, 0.25) is 5.88 Å². The van der Waals surface area contributed by atoms with E-state index >= 15 is 0 Å². The average molecular weight is 369 g/mol.